The second-order valence-electron chi connectivity index (χ2n) is 8.84. The van der Waals surface area contributed by atoms with E-state index in [-0.39, 0.29) is 39.3 Å². The molecule has 0 radical (unpaired) electrons. The SMILES string of the molecule is CC1CN(c2nccc(S(=O)(=O)c3cccc(OCc4ccsc4)n3)c2C(N)=O)C(C)(C)C1. The van der Waals surface area contributed by atoms with E-state index in [9.17, 15) is 13.2 Å². The van der Waals surface area contributed by atoms with Gasteiger partial charge in [-0.05, 0) is 55.1 Å². The van der Waals surface area contributed by atoms with Crippen molar-refractivity contribution in [2.24, 2.45) is 11.7 Å². The highest BCUT2D eigenvalue weighted by Gasteiger charge is 2.40. The van der Waals surface area contributed by atoms with Crippen LogP contribution in [0.2, 0.25) is 0 Å². The quantitative estimate of drug-likeness (QED) is 0.542. The number of aromatic nitrogens is 2. The van der Waals surface area contributed by atoms with Crippen LogP contribution >= 0.6 is 11.3 Å². The average molecular weight is 487 g/mol. The number of anilines is 1. The van der Waals surface area contributed by atoms with E-state index in [0.29, 0.717) is 12.5 Å². The minimum atomic E-state index is -4.17. The number of pyridine rings is 2. The Morgan fingerprint density at radius 3 is 2.73 bits per heavy atom. The van der Waals surface area contributed by atoms with E-state index in [1.807, 2.05) is 35.6 Å². The minimum Gasteiger partial charge on any atom is -0.473 e. The van der Waals surface area contributed by atoms with Crippen molar-refractivity contribution in [1.29, 1.82) is 0 Å². The van der Waals surface area contributed by atoms with E-state index in [2.05, 4.69) is 16.9 Å². The minimum absolute atomic E-state index is 0.119. The lowest BCUT2D eigenvalue weighted by Crippen LogP contribution is -2.40. The van der Waals surface area contributed by atoms with Crippen molar-refractivity contribution in [1.82, 2.24) is 9.97 Å². The molecule has 1 amide bonds. The zero-order valence-corrected chi connectivity index (χ0v) is 20.3. The summed E-state index contributed by atoms with van der Waals surface area (Å²) in [5.41, 5.74) is 6.25. The Kier molecular flexibility index (Phi) is 6.15. The van der Waals surface area contributed by atoms with Crippen LogP contribution < -0.4 is 15.4 Å². The highest BCUT2D eigenvalue weighted by Crippen LogP contribution is 2.39. The predicted octanol–water partition coefficient (Wildman–Crippen LogP) is 3.67. The number of hydrogen-bond acceptors (Lipinski definition) is 8. The monoisotopic (exact) mass is 486 g/mol. The smallest absolute Gasteiger partial charge is 0.253 e. The molecule has 0 spiro atoms. The summed E-state index contributed by atoms with van der Waals surface area (Å²) in [6.07, 6.45) is 2.28. The summed E-state index contributed by atoms with van der Waals surface area (Å²) in [6.45, 7) is 7.11. The third-order valence-corrected chi connectivity index (χ3v) is 8.13. The van der Waals surface area contributed by atoms with Crippen LogP contribution in [0.3, 0.4) is 0 Å². The van der Waals surface area contributed by atoms with Gasteiger partial charge in [-0.15, -0.1) is 0 Å². The van der Waals surface area contributed by atoms with E-state index < -0.39 is 15.7 Å². The molecule has 2 N–H and O–H groups in total. The molecule has 1 saturated heterocycles. The summed E-state index contributed by atoms with van der Waals surface area (Å²) < 4.78 is 32.8. The maximum absolute atomic E-state index is 13.6. The molecule has 8 nitrogen and oxygen atoms in total. The van der Waals surface area contributed by atoms with Crippen molar-refractivity contribution < 1.29 is 17.9 Å². The molecule has 33 heavy (non-hydrogen) atoms. The summed E-state index contributed by atoms with van der Waals surface area (Å²) in [6, 6.07) is 7.74. The van der Waals surface area contributed by atoms with Crippen LogP contribution in [-0.4, -0.2) is 36.4 Å². The van der Waals surface area contributed by atoms with Gasteiger partial charge in [-0.25, -0.2) is 18.4 Å². The normalized spacial score (nSPS) is 17.8. The number of carbonyl (C=O) groups is 1. The molecule has 4 heterocycles. The molecule has 10 heteroatoms. The lowest BCUT2D eigenvalue weighted by Gasteiger charge is -2.33. The Morgan fingerprint density at radius 1 is 1.30 bits per heavy atom. The number of hydrogen-bond donors (Lipinski definition) is 1. The zero-order valence-electron chi connectivity index (χ0n) is 18.7. The third-order valence-electron chi connectivity index (χ3n) is 5.70. The van der Waals surface area contributed by atoms with Gasteiger partial charge in [0.15, 0.2) is 5.03 Å². The molecule has 1 atom stereocenters. The molecule has 1 aliphatic heterocycles. The van der Waals surface area contributed by atoms with Gasteiger partial charge in [-0.1, -0.05) is 13.0 Å². The molecule has 174 valence electrons. The van der Waals surface area contributed by atoms with Gasteiger partial charge < -0.3 is 15.4 Å². The lowest BCUT2D eigenvalue weighted by atomic mass is 9.97. The fourth-order valence-electron chi connectivity index (χ4n) is 4.32. The summed E-state index contributed by atoms with van der Waals surface area (Å²) in [7, 11) is -4.17. The number of nitrogens with zero attached hydrogens (tertiary/aromatic N) is 3. The van der Waals surface area contributed by atoms with Gasteiger partial charge in [-0.2, -0.15) is 11.3 Å². The molecule has 4 rings (SSSR count). The third kappa shape index (κ3) is 4.58. The fraction of sp³-hybridized carbons (Fsp3) is 0.348. The first-order valence-corrected chi connectivity index (χ1v) is 12.9. The van der Waals surface area contributed by atoms with Crippen molar-refractivity contribution in [2.45, 2.75) is 49.3 Å². The molecule has 1 unspecified atom stereocenters. The zero-order chi connectivity index (χ0) is 23.8. The second kappa shape index (κ2) is 8.75. The van der Waals surface area contributed by atoms with Crippen molar-refractivity contribution in [3.8, 4) is 5.88 Å². The van der Waals surface area contributed by atoms with Crippen LogP contribution in [0, 0.1) is 5.92 Å². The van der Waals surface area contributed by atoms with Crippen molar-refractivity contribution in [3.63, 3.8) is 0 Å². The summed E-state index contributed by atoms with van der Waals surface area (Å²) >= 11 is 1.55. The van der Waals surface area contributed by atoms with Crippen LogP contribution in [-0.2, 0) is 16.4 Å². The van der Waals surface area contributed by atoms with Crippen LogP contribution in [0.4, 0.5) is 5.82 Å². The maximum atomic E-state index is 13.6. The molecule has 3 aromatic heterocycles. The predicted molar refractivity (Wildman–Crippen MR) is 126 cm³/mol. The van der Waals surface area contributed by atoms with Gasteiger partial charge in [0.25, 0.3) is 5.91 Å². The first kappa shape index (κ1) is 23.2. The Hall–Kier alpha value is -2.98. The average Bonchev–Trinajstić information content (AvgIpc) is 3.38. The number of nitrogens with two attached hydrogens (primary N) is 1. The highest BCUT2D eigenvalue weighted by atomic mass is 32.2. The molecule has 3 aromatic rings. The van der Waals surface area contributed by atoms with E-state index in [4.69, 9.17) is 10.5 Å². The van der Waals surface area contributed by atoms with Crippen LogP contribution in [0.1, 0.15) is 43.1 Å². The van der Waals surface area contributed by atoms with Crippen molar-refractivity contribution in [2.75, 3.05) is 11.4 Å². The molecular weight excluding hydrogens is 460 g/mol. The number of primary amides is 1. The van der Waals surface area contributed by atoms with Gasteiger partial charge in [-0.3, -0.25) is 4.79 Å². The van der Waals surface area contributed by atoms with Gasteiger partial charge in [0, 0.05) is 29.9 Å². The Morgan fingerprint density at radius 2 is 2.09 bits per heavy atom. The molecule has 0 aliphatic carbocycles. The van der Waals surface area contributed by atoms with Gasteiger partial charge >= 0.3 is 0 Å². The number of amides is 1. The summed E-state index contributed by atoms with van der Waals surface area (Å²) in [5.74, 6) is -0.0344. The van der Waals surface area contributed by atoms with E-state index in [1.165, 1.54) is 18.3 Å². The number of rotatable bonds is 7. The van der Waals surface area contributed by atoms with Crippen molar-refractivity contribution >= 4 is 32.9 Å². The van der Waals surface area contributed by atoms with Crippen molar-refractivity contribution in [3.05, 3.63) is 58.4 Å². The number of ether oxygens (including phenoxy) is 1. The molecule has 0 aromatic carbocycles. The van der Waals surface area contributed by atoms with E-state index >= 15 is 0 Å². The number of carbonyl (C=O) groups excluding carboxylic acids is 1. The second-order valence-corrected chi connectivity index (χ2v) is 11.5. The van der Waals surface area contributed by atoms with E-state index in [0.717, 1.165) is 12.0 Å². The molecule has 0 saturated carbocycles. The molecule has 1 fully saturated rings. The summed E-state index contributed by atoms with van der Waals surface area (Å²) in [5, 5.41) is 3.65. The largest absolute Gasteiger partial charge is 0.473 e. The first-order valence-electron chi connectivity index (χ1n) is 10.5. The molecule has 0 bridgehead atoms. The highest BCUT2D eigenvalue weighted by molar-refractivity contribution is 7.91. The van der Waals surface area contributed by atoms with Gasteiger partial charge in [0.1, 0.15) is 18.0 Å². The van der Waals surface area contributed by atoms with Crippen LogP contribution in [0.25, 0.3) is 0 Å². The Labute approximate surface area is 197 Å². The van der Waals surface area contributed by atoms with Crippen LogP contribution in [0.5, 0.6) is 5.88 Å². The fourth-order valence-corrected chi connectivity index (χ4v) is 6.37. The standard InChI is InChI=1S/C23H26N4O4S2/c1-15-11-23(2,3)27(12-15)22-20(21(24)28)17(7-9-25-22)33(29,30)19-6-4-5-18(26-19)31-13-16-8-10-32-14-16/h4-10,14-15H,11-13H2,1-3H3,(H2,24,28). The summed E-state index contributed by atoms with van der Waals surface area (Å²) in [4.78, 5) is 22.8. The molecule has 1 aliphatic rings. The van der Waals surface area contributed by atoms with E-state index in [1.54, 1.807) is 23.5 Å². The number of thiophene rings is 1. The first-order chi connectivity index (χ1) is 15.6. The Bertz CT molecular complexity index is 1270. The topological polar surface area (TPSA) is 115 Å². The Balaban J connectivity index is 1.74. The lowest BCUT2D eigenvalue weighted by molar-refractivity contribution is 0.0997. The van der Waals surface area contributed by atoms with Gasteiger partial charge in [0.2, 0.25) is 15.7 Å². The van der Waals surface area contributed by atoms with Gasteiger partial charge in [0.05, 0.1) is 4.90 Å². The van der Waals surface area contributed by atoms with Crippen LogP contribution in [0.15, 0.2) is 57.2 Å². The number of sulfone groups is 1. The molecular formula is C23H26N4O4S2. The maximum Gasteiger partial charge on any atom is 0.253 e.